The van der Waals surface area contributed by atoms with Crippen molar-refractivity contribution in [1.82, 2.24) is 4.98 Å². The van der Waals surface area contributed by atoms with Crippen LogP contribution in [0.4, 0.5) is 0 Å². The highest BCUT2D eigenvalue weighted by Gasteiger charge is 2.04. The monoisotopic (exact) mass is 175 g/mol. The van der Waals surface area contributed by atoms with Crippen molar-refractivity contribution < 1.29 is 0 Å². The molecule has 0 spiro atoms. The normalized spacial score (nSPS) is 10.3. The maximum Gasteiger partial charge on any atom is 0.0900 e. The minimum atomic E-state index is 0.606. The summed E-state index contributed by atoms with van der Waals surface area (Å²) in [5.41, 5.74) is 1.16. The lowest BCUT2D eigenvalue weighted by atomic mass is 10.3. The van der Waals surface area contributed by atoms with Crippen molar-refractivity contribution in [2.24, 2.45) is 0 Å². The summed E-state index contributed by atoms with van der Waals surface area (Å²) in [5, 5.41) is 1.12. The molecule has 0 unspecified atom stereocenters. The Bertz CT molecular complexity index is 198. The van der Waals surface area contributed by atoms with E-state index in [4.69, 9.17) is 11.6 Å². The van der Waals surface area contributed by atoms with Gasteiger partial charge in [-0.2, -0.15) is 0 Å². The first kappa shape index (κ1) is 8.02. The Balaban J connectivity index is 2.96. The molecule has 1 aromatic heterocycles. The fourth-order valence-corrected chi connectivity index (χ4v) is 2.09. The fourth-order valence-electron chi connectivity index (χ4n) is 0.893. The number of alkyl halides is 1. The smallest absolute Gasteiger partial charge is 0.0900 e. The van der Waals surface area contributed by atoms with E-state index in [-0.39, 0.29) is 0 Å². The lowest BCUT2D eigenvalue weighted by molar-refractivity contribution is 1.02. The standard InChI is InChI=1S/C7H10ClNS/c1-3-6-7(4-8)10-5(2)9-6/h3-4H2,1-2H3. The van der Waals surface area contributed by atoms with E-state index < -0.39 is 0 Å². The molecule has 0 bridgehead atoms. The van der Waals surface area contributed by atoms with Gasteiger partial charge in [0.05, 0.1) is 16.6 Å². The minimum Gasteiger partial charge on any atom is -0.246 e. The third kappa shape index (κ3) is 1.50. The van der Waals surface area contributed by atoms with Crippen LogP contribution in [0.2, 0.25) is 0 Å². The molecule has 3 heteroatoms. The van der Waals surface area contributed by atoms with E-state index in [9.17, 15) is 0 Å². The number of halogens is 1. The van der Waals surface area contributed by atoms with Gasteiger partial charge in [-0.15, -0.1) is 22.9 Å². The number of hydrogen-bond donors (Lipinski definition) is 0. The highest BCUT2D eigenvalue weighted by molar-refractivity contribution is 7.11. The van der Waals surface area contributed by atoms with Gasteiger partial charge in [0, 0.05) is 4.88 Å². The maximum atomic E-state index is 5.69. The van der Waals surface area contributed by atoms with Gasteiger partial charge in [0.15, 0.2) is 0 Å². The average molecular weight is 176 g/mol. The molecule has 1 nitrogen and oxygen atoms in total. The van der Waals surface area contributed by atoms with Gasteiger partial charge in [-0.05, 0) is 13.3 Å². The lowest BCUT2D eigenvalue weighted by Crippen LogP contribution is -1.83. The molecule has 0 atom stereocenters. The van der Waals surface area contributed by atoms with Gasteiger partial charge in [0.1, 0.15) is 0 Å². The highest BCUT2D eigenvalue weighted by atomic mass is 35.5. The lowest BCUT2D eigenvalue weighted by Gasteiger charge is -1.89. The van der Waals surface area contributed by atoms with E-state index in [0.717, 1.165) is 17.1 Å². The van der Waals surface area contributed by atoms with Crippen molar-refractivity contribution >= 4 is 22.9 Å². The molecule has 0 radical (unpaired) electrons. The summed E-state index contributed by atoms with van der Waals surface area (Å²) in [6, 6.07) is 0. The fraction of sp³-hybridized carbons (Fsp3) is 0.571. The van der Waals surface area contributed by atoms with Gasteiger partial charge in [-0.25, -0.2) is 4.98 Å². The molecule has 1 heterocycles. The van der Waals surface area contributed by atoms with E-state index in [1.54, 1.807) is 11.3 Å². The Kier molecular flexibility index (Phi) is 2.69. The highest BCUT2D eigenvalue weighted by Crippen LogP contribution is 2.19. The van der Waals surface area contributed by atoms with Crippen LogP contribution in [0, 0.1) is 6.92 Å². The van der Waals surface area contributed by atoms with Crippen molar-refractivity contribution in [2.75, 3.05) is 0 Å². The molecule has 0 fully saturated rings. The first-order chi connectivity index (χ1) is 4.77. The zero-order valence-electron chi connectivity index (χ0n) is 6.15. The Labute approximate surface area is 70.1 Å². The summed E-state index contributed by atoms with van der Waals surface area (Å²) in [7, 11) is 0. The number of nitrogens with zero attached hydrogens (tertiary/aromatic N) is 1. The van der Waals surface area contributed by atoms with Gasteiger partial charge >= 0.3 is 0 Å². The molecule has 1 rings (SSSR count). The Morgan fingerprint density at radius 2 is 2.30 bits per heavy atom. The van der Waals surface area contributed by atoms with E-state index >= 15 is 0 Å². The van der Waals surface area contributed by atoms with Crippen molar-refractivity contribution in [3.63, 3.8) is 0 Å². The Hall–Kier alpha value is -0.0800. The van der Waals surface area contributed by atoms with Gasteiger partial charge in [0.2, 0.25) is 0 Å². The van der Waals surface area contributed by atoms with Crippen LogP contribution in [-0.4, -0.2) is 4.98 Å². The summed E-state index contributed by atoms with van der Waals surface area (Å²) in [6.45, 7) is 4.12. The van der Waals surface area contributed by atoms with Crippen LogP contribution in [0.1, 0.15) is 22.5 Å². The number of hydrogen-bond acceptors (Lipinski definition) is 2. The van der Waals surface area contributed by atoms with Crippen molar-refractivity contribution in [2.45, 2.75) is 26.1 Å². The van der Waals surface area contributed by atoms with E-state index in [1.807, 2.05) is 6.92 Å². The SMILES string of the molecule is CCc1nc(C)sc1CCl. The Morgan fingerprint density at radius 1 is 1.60 bits per heavy atom. The molecule has 0 aliphatic heterocycles. The van der Waals surface area contributed by atoms with Crippen LogP contribution in [0.3, 0.4) is 0 Å². The summed E-state index contributed by atoms with van der Waals surface area (Å²) < 4.78 is 0. The summed E-state index contributed by atoms with van der Waals surface area (Å²) in [6.07, 6.45) is 0.992. The molecule has 0 aromatic carbocycles. The topological polar surface area (TPSA) is 12.9 Å². The molecular formula is C7H10ClNS. The predicted molar refractivity (Wildman–Crippen MR) is 45.8 cm³/mol. The maximum absolute atomic E-state index is 5.69. The quantitative estimate of drug-likeness (QED) is 0.630. The van der Waals surface area contributed by atoms with Crippen molar-refractivity contribution in [3.05, 3.63) is 15.6 Å². The zero-order valence-corrected chi connectivity index (χ0v) is 7.72. The molecule has 0 aliphatic carbocycles. The minimum absolute atomic E-state index is 0.606. The van der Waals surface area contributed by atoms with E-state index in [2.05, 4.69) is 11.9 Å². The van der Waals surface area contributed by atoms with E-state index in [1.165, 1.54) is 4.88 Å². The van der Waals surface area contributed by atoms with Crippen molar-refractivity contribution in [1.29, 1.82) is 0 Å². The summed E-state index contributed by atoms with van der Waals surface area (Å²) in [4.78, 5) is 5.56. The summed E-state index contributed by atoms with van der Waals surface area (Å²) in [5.74, 6) is 0.606. The van der Waals surface area contributed by atoms with Gasteiger partial charge in [-0.3, -0.25) is 0 Å². The van der Waals surface area contributed by atoms with Gasteiger partial charge in [0.25, 0.3) is 0 Å². The van der Waals surface area contributed by atoms with Crippen LogP contribution in [0.5, 0.6) is 0 Å². The molecule has 0 N–H and O–H groups in total. The van der Waals surface area contributed by atoms with Crippen molar-refractivity contribution in [3.8, 4) is 0 Å². The van der Waals surface area contributed by atoms with Gasteiger partial charge < -0.3 is 0 Å². The third-order valence-corrected chi connectivity index (χ3v) is 2.78. The van der Waals surface area contributed by atoms with Crippen LogP contribution in [0.15, 0.2) is 0 Å². The molecule has 1 aromatic rings. The number of aromatic nitrogens is 1. The van der Waals surface area contributed by atoms with E-state index in [0.29, 0.717) is 5.88 Å². The molecule has 0 saturated heterocycles. The molecule has 0 aliphatic rings. The second-order valence-corrected chi connectivity index (χ2v) is 3.64. The number of thiazole rings is 1. The zero-order chi connectivity index (χ0) is 7.56. The number of rotatable bonds is 2. The first-order valence-corrected chi connectivity index (χ1v) is 4.64. The molecule has 0 saturated carbocycles. The average Bonchev–Trinajstić information content (AvgIpc) is 2.30. The second kappa shape index (κ2) is 3.35. The van der Waals surface area contributed by atoms with Crippen LogP contribution in [-0.2, 0) is 12.3 Å². The number of aryl methyl sites for hydroxylation is 2. The summed E-state index contributed by atoms with van der Waals surface area (Å²) >= 11 is 7.39. The largest absolute Gasteiger partial charge is 0.246 e. The van der Waals surface area contributed by atoms with Crippen LogP contribution >= 0.6 is 22.9 Å². The second-order valence-electron chi connectivity index (χ2n) is 2.09. The third-order valence-electron chi connectivity index (χ3n) is 1.34. The van der Waals surface area contributed by atoms with Gasteiger partial charge in [-0.1, -0.05) is 6.92 Å². The van der Waals surface area contributed by atoms with Crippen LogP contribution in [0.25, 0.3) is 0 Å². The predicted octanol–water partition coefficient (Wildman–Crippen LogP) is 2.75. The molecule has 10 heavy (non-hydrogen) atoms. The molecule has 0 amide bonds. The Morgan fingerprint density at radius 3 is 2.70 bits per heavy atom. The molecular weight excluding hydrogens is 166 g/mol. The first-order valence-electron chi connectivity index (χ1n) is 3.29. The molecule has 56 valence electrons. The van der Waals surface area contributed by atoms with Crippen LogP contribution < -0.4 is 0 Å².